The van der Waals surface area contributed by atoms with Gasteiger partial charge in [0.2, 0.25) is 0 Å². The Bertz CT molecular complexity index is 351. The molecule has 0 aromatic rings. The van der Waals surface area contributed by atoms with Gasteiger partial charge in [0.15, 0.2) is 0 Å². The Hall–Kier alpha value is -1.13. The molecule has 0 aliphatic carbocycles. The molecule has 4 nitrogen and oxygen atoms in total. The van der Waals surface area contributed by atoms with E-state index in [1.54, 1.807) is 0 Å². The average molecular weight is 327 g/mol. The van der Waals surface area contributed by atoms with Crippen LogP contribution in [0.1, 0.15) is 25.7 Å². The third-order valence-electron chi connectivity index (χ3n) is 3.13. The van der Waals surface area contributed by atoms with Crippen molar-refractivity contribution in [2.24, 2.45) is 0 Å². The Balaban J connectivity index is 5.11. The van der Waals surface area contributed by atoms with Gasteiger partial charge in [-0.05, 0) is 0 Å². The molecule has 0 bridgehead atoms. The molecule has 0 spiro atoms. The zero-order chi connectivity index (χ0) is 13.9. The normalized spacial score (nSPS) is 12.2. The first-order valence-electron chi connectivity index (χ1n) is 5.74. The van der Waals surface area contributed by atoms with Gasteiger partial charge in [0.1, 0.15) is 0 Å². The van der Waals surface area contributed by atoms with Crippen LogP contribution in [0.5, 0.6) is 0 Å². The van der Waals surface area contributed by atoms with Crippen LogP contribution in [0.15, 0.2) is 0 Å². The van der Waals surface area contributed by atoms with Crippen LogP contribution in [-0.2, 0) is 0 Å². The fraction of sp³-hybridized carbons (Fsp3) is 0.667. The summed E-state index contributed by atoms with van der Waals surface area (Å²) in [7, 11) is 0. The van der Waals surface area contributed by atoms with Crippen molar-refractivity contribution in [1.29, 1.82) is 21.0 Å². The fourth-order valence-corrected chi connectivity index (χ4v) is 8.09. The van der Waals surface area contributed by atoms with Gasteiger partial charge >= 0.3 is 116 Å². The van der Waals surface area contributed by atoms with Crippen LogP contribution in [0, 0.1) is 45.3 Å². The van der Waals surface area contributed by atoms with Gasteiger partial charge in [0, 0.05) is 0 Å². The first-order chi connectivity index (χ1) is 8.54. The van der Waals surface area contributed by atoms with Gasteiger partial charge in [0.25, 0.3) is 0 Å². The number of rotatable bonds is 8. The summed E-state index contributed by atoms with van der Waals surface area (Å²) in [5.74, 6) is 0. The van der Waals surface area contributed by atoms with Crippen molar-refractivity contribution in [3.05, 3.63) is 0 Å². The van der Waals surface area contributed by atoms with E-state index in [4.69, 9.17) is 21.0 Å². The zero-order valence-electron chi connectivity index (χ0n) is 10.3. The molecule has 0 amide bonds. The molecule has 0 N–H and O–H groups in total. The summed E-state index contributed by atoms with van der Waals surface area (Å²) in [4.78, 5) is 0. The molecule has 0 saturated heterocycles. The summed E-state index contributed by atoms with van der Waals surface area (Å²) in [5, 5.41) is 32.7. The second-order valence-electron chi connectivity index (χ2n) is 4.35. The van der Waals surface area contributed by atoms with Crippen LogP contribution in [0.4, 0.5) is 0 Å². The molecule has 0 unspecified atom stereocenters. The first kappa shape index (κ1) is 16.9. The predicted octanol–water partition coefficient (Wildman–Crippen LogP) is 3.50. The Morgan fingerprint density at radius 3 is 1.00 bits per heavy atom. The van der Waals surface area contributed by atoms with Gasteiger partial charge in [-0.1, -0.05) is 0 Å². The van der Waals surface area contributed by atoms with Crippen molar-refractivity contribution >= 4 is 20.8 Å². The second-order valence-corrected chi connectivity index (χ2v) is 15.8. The number of nitriles is 4. The average Bonchev–Trinajstić information content (AvgIpc) is 2.40. The number of hydrogen-bond donors (Lipinski definition) is 0. The van der Waals surface area contributed by atoms with Gasteiger partial charge in [-0.15, -0.1) is 0 Å². The SMILES string of the molecule is N#CCCP(Br)(CCC#N)(CCC#N)CCC#N. The molecule has 0 aliphatic heterocycles. The van der Waals surface area contributed by atoms with E-state index in [0.717, 1.165) is 0 Å². The van der Waals surface area contributed by atoms with Gasteiger partial charge in [-0.3, -0.25) is 0 Å². The third-order valence-corrected chi connectivity index (χ3v) is 12.8. The molecule has 0 fully saturated rings. The van der Waals surface area contributed by atoms with E-state index in [9.17, 15) is 0 Å². The zero-order valence-corrected chi connectivity index (χ0v) is 12.8. The summed E-state index contributed by atoms with van der Waals surface area (Å²) >= 11 is 3.82. The number of halogens is 1. The molecule has 0 saturated carbocycles. The fourth-order valence-electron chi connectivity index (χ4n) is 1.99. The Kier molecular flexibility index (Phi) is 7.55. The molecule has 0 rings (SSSR count). The summed E-state index contributed by atoms with van der Waals surface area (Å²) in [5.41, 5.74) is 0. The maximum absolute atomic E-state index is 8.78. The van der Waals surface area contributed by atoms with Crippen LogP contribution in [-0.4, -0.2) is 24.6 Å². The van der Waals surface area contributed by atoms with Crippen LogP contribution in [0.2, 0.25) is 0 Å². The van der Waals surface area contributed by atoms with Crippen molar-refractivity contribution in [2.75, 3.05) is 24.6 Å². The summed E-state index contributed by atoms with van der Waals surface area (Å²) in [6.45, 7) is 0. The molecule has 96 valence electrons. The molecule has 0 radical (unpaired) electrons. The van der Waals surface area contributed by atoms with Crippen molar-refractivity contribution in [3.63, 3.8) is 0 Å². The molecule has 0 heterocycles. The van der Waals surface area contributed by atoms with E-state index in [1.165, 1.54) is 0 Å². The van der Waals surface area contributed by atoms with Crippen LogP contribution in [0.3, 0.4) is 0 Å². The molecule has 0 aromatic heterocycles. The van der Waals surface area contributed by atoms with E-state index in [1.807, 2.05) is 0 Å². The van der Waals surface area contributed by atoms with E-state index in [2.05, 4.69) is 39.8 Å². The summed E-state index contributed by atoms with van der Waals surface area (Å²) in [6, 6.07) is 8.53. The van der Waals surface area contributed by atoms with Crippen molar-refractivity contribution in [3.8, 4) is 24.3 Å². The standard InChI is InChI=1S/C12H16BrN4P/c13-18(9-1-5-14,10-2-6-15,11-3-7-16)12-4-8-17/h1-4,9-12H2. The first-order valence-corrected chi connectivity index (χ1v) is 10.7. The minimum atomic E-state index is -2.44. The topological polar surface area (TPSA) is 95.2 Å². The van der Waals surface area contributed by atoms with Crippen LogP contribution >= 0.6 is 20.8 Å². The van der Waals surface area contributed by atoms with Crippen LogP contribution < -0.4 is 0 Å². The van der Waals surface area contributed by atoms with Gasteiger partial charge in [-0.2, -0.15) is 0 Å². The van der Waals surface area contributed by atoms with E-state index in [0.29, 0.717) is 50.3 Å². The quantitative estimate of drug-likeness (QED) is 0.637. The second kappa shape index (κ2) is 8.06. The maximum atomic E-state index is 8.78. The van der Waals surface area contributed by atoms with E-state index < -0.39 is 5.31 Å². The van der Waals surface area contributed by atoms with Crippen LogP contribution in [0.25, 0.3) is 0 Å². The minimum absolute atomic E-state index is 0.408. The molecule has 6 heteroatoms. The van der Waals surface area contributed by atoms with Gasteiger partial charge in [-0.25, -0.2) is 0 Å². The third kappa shape index (κ3) is 5.47. The number of nitrogens with zero attached hydrogens (tertiary/aromatic N) is 4. The van der Waals surface area contributed by atoms with Gasteiger partial charge in [0.05, 0.1) is 0 Å². The molecule has 0 atom stereocenters. The predicted molar refractivity (Wildman–Crippen MR) is 76.2 cm³/mol. The van der Waals surface area contributed by atoms with E-state index in [-0.39, 0.29) is 0 Å². The molecule has 0 aromatic carbocycles. The Morgan fingerprint density at radius 2 is 0.833 bits per heavy atom. The molecular weight excluding hydrogens is 311 g/mol. The van der Waals surface area contributed by atoms with Crippen molar-refractivity contribution in [1.82, 2.24) is 0 Å². The van der Waals surface area contributed by atoms with Gasteiger partial charge < -0.3 is 0 Å². The monoisotopic (exact) mass is 326 g/mol. The van der Waals surface area contributed by atoms with Crippen molar-refractivity contribution in [2.45, 2.75) is 25.7 Å². The summed E-state index contributed by atoms with van der Waals surface area (Å²) < 4.78 is 0. The van der Waals surface area contributed by atoms with E-state index >= 15 is 0 Å². The Labute approximate surface area is 116 Å². The van der Waals surface area contributed by atoms with Crippen molar-refractivity contribution < 1.29 is 0 Å². The number of hydrogen-bond acceptors (Lipinski definition) is 4. The molecule has 18 heavy (non-hydrogen) atoms. The molecule has 0 aliphatic rings. The Morgan fingerprint density at radius 1 is 0.611 bits per heavy atom. The molecular formula is C12H16BrN4P. The summed E-state index contributed by atoms with van der Waals surface area (Å²) in [6.07, 6.45) is 4.38.